The van der Waals surface area contributed by atoms with Gasteiger partial charge in [0, 0.05) is 22.6 Å². The number of hydrogen-bond donors (Lipinski definition) is 1. The lowest BCUT2D eigenvalue weighted by atomic mass is 9.95. The smallest absolute Gasteiger partial charge is 0.303 e. The van der Waals surface area contributed by atoms with Crippen molar-refractivity contribution in [1.82, 2.24) is 4.90 Å². The summed E-state index contributed by atoms with van der Waals surface area (Å²) in [5.74, 6) is -0.684. The molecule has 1 aliphatic heterocycles. The molecular weight excluding hydrogens is 345 g/mol. The summed E-state index contributed by atoms with van der Waals surface area (Å²) in [5.41, 5.74) is 1.80. The summed E-state index contributed by atoms with van der Waals surface area (Å²) < 4.78 is 0.974. The van der Waals surface area contributed by atoms with Gasteiger partial charge in [-0.15, -0.1) is 0 Å². The SMILES string of the molecule is Cc1cccc(C(=O)N2CC(CC(=O)O)C2)c1I. The number of benzene rings is 1. The molecule has 1 aromatic rings. The largest absolute Gasteiger partial charge is 0.481 e. The zero-order valence-corrected chi connectivity index (χ0v) is 12.2. The van der Waals surface area contributed by atoms with Crippen LogP contribution in [0.3, 0.4) is 0 Å². The maximum absolute atomic E-state index is 12.2. The minimum absolute atomic E-state index is 0.00439. The van der Waals surface area contributed by atoms with Crippen LogP contribution in [0.2, 0.25) is 0 Å². The molecule has 1 aliphatic rings. The average Bonchev–Trinajstić information content (AvgIpc) is 2.25. The van der Waals surface area contributed by atoms with E-state index in [-0.39, 0.29) is 18.2 Å². The third kappa shape index (κ3) is 2.66. The first-order chi connectivity index (χ1) is 8.49. The van der Waals surface area contributed by atoms with Crippen LogP contribution in [-0.4, -0.2) is 35.0 Å². The molecule has 1 saturated heterocycles. The molecule has 18 heavy (non-hydrogen) atoms. The monoisotopic (exact) mass is 359 g/mol. The Hall–Kier alpha value is -1.11. The van der Waals surface area contributed by atoms with E-state index in [2.05, 4.69) is 22.6 Å². The molecule has 4 nitrogen and oxygen atoms in total. The summed E-state index contributed by atoms with van der Waals surface area (Å²) in [6, 6.07) is 5.67. The van der Waals surface area contributed by atoms with Crippen molar-refractivity contribution in [3.05, 3.63) is 32.9 Å². The fourth-order valence-electron chi connectivity index (χ4n) is 2.09. The number of halogens is 1. The van der Waals surface area contributed by atoms with Crippen LogP contribution in [0.4, 0.5) is 0 Å². The first kappa shape index (κ1) is 13.3. The maximum atomic E-state index is 12.2. The Labute approximate surface area is 119 Å². The highest BCUT2D eigenvalue weighted by molar-refractivity contribution is 14.1. The number of aliphatic carboxylic acids is 1. The van der Waals surface area contributed by atoms with Crippen molar-refractivity contribution in [3.63, 3.8) is 0 Å². The first-order valence-electron chi connectivity index (χ1n) is 5.75. The Morgan fingerprint density at radius 2 is 2.11 bits per heavy atom. The fourth-order valence-corrected chi connectivity index (χ4v) is 2.68. The highest BCUT2D eigenvalue weighted by Crippen LogP contribution is 2.24. The highest BCUT2D eigenvalue weighted by Gasteiger charge is 2.33. The second-order valence-corrected chi connectivity index (χ2v) is 5.69. The first-order valence-corrected chi connectivity index (χ1v) is 6.83. The van der Waals surface area contributed by atoms with Gasteiger partial charge in [0.25, 0.3) is 5.91 Å². The predicted octanol–water partition coefficient (Wildman–Crippen LogP) is 2.15. The van der Waals surface area contributed by atoms with E-state index in [0.29, 0.717) is 18.7 Å². The third-order valence-corrected chi connectivity index (χ3v) is 4.56. The van der Waals surface area contributed by atoms with Crippen molar-refractivity contribution >= 4 is 34.5 Å². The topological polar surface area (TPSA) is 57.6 Å². The quantitative estimate of drug-likeness (QED) is 0.842. The van der Waals surface area contributed by atoms with Crippen LogP contribution in [0.15, 0.2) is 18.2 Å². The van der Waals surface area contributed by atoms with Gasteiger partial charge in [0.2, 0.25) is 0 Å². The number of nitrogens with zero attached hydrogens (tertiary/aromatic N) is 1. The normalized spacial score (nSPS) is 15.3. The van der Waals surface area contributed by atoms with Crippen molar-refractivity contribution in [2.24, 2.45) is 5.92 Å². The molecule has 0 bridgehead atoms. The van der Waals surface area contributed by atoms with Gasteiger partial charge < -0.3 is 10.0 Å². The van der Waals surface area contributed by atoms with E-state index in [0.717, 1.165) is 9.13 Å². The number of carbonyl (C=O) groups is 2. The van der Waals surface area contributed by atoms with E-state index in [1.807, 2.05) is 25.1 Å². The molecule has 0 unspecified atom stereocenters. The van der Waals surface area contributed by atoms with Gasteiger partial charge in [-0.3, -0.25) is 9.59 Å². The Morgan fingerprint density at radius 1 is 1.44 bits per heavy atom. The van der Waals surface area contributed by atoms with Gasteiger partial charge in [0.1, 0.15) is 0 Å². The van der Waals surface area contributed by atoms with E-state index < -0.39 is 5.97 Å². The molecule has 96 valence electrons. The Bertz CT molecular complexity index is 495. The predicted molar refractivity (Wildman–Crippen MR) is 75.5 cm³/mol. The van der Waals surface area contributed by atoms with Crippen molar-refractivity contribution in [1.29, 1.82) is 0 Å². The van der Waals surface area contributed by atoms with Crippen molar-refractivity contribution in [3.8, 4) is 0 Å². The Kier molecular flexibility index (Phi) is 3.89. The summed E-state index contributed by atoms with van der Waals surface area (Å²) in [6.07, 6.45) is 0.148. The Morgan fingerprint density at radius 3 is 2.72 bits per heavy atom. The number of rotatable bonds is 3. The molecule has 1 N–H and O–H groups in total. The van der Waals surface area contributed by atoms with Crippen LogP contribution in [0.25, 0.3) is 0 Å². The molecule has 0 spiro atoms. The molecule has 1 heterocycles. The van der Waals surface area contributed by atoms with Gasteiger partial charge in [-0.05, 0) is 41.1 Å². The molecule has 0 atom stereocenters. The molecule has 1 aromatic carbocycles. The molecule has 1 fully saturated rings. The minimum atomic E-state index is -0.794. The van der Waals surface area contributed by atoms with E-state index >= 15 is 0 Å². The molecule has 2 rings (SSSR count). The minimum Gasteiger partial charge on any atom is -0.481 e. The summed E-state index contributed by atoms with van der Waals surface area (Å²) >= 11 is 2.18. The molecule has 0 saturated carbocycles. The van der Waals surface area contributed by atoms with Crippen LogP contribution in [0.5, 0.6) is 0 Å². The Balaban J connectivity index is 2.02. The van der Waals surface area contributed by atoms with Gasteiger partial charge in [0.05, 0.1) is 12.0 Å². The highest BCUT2D eigenvalue weighted by atomic mass is 127. The average molecular weight is 359 g/mol. The van der Waals surface area contributed by atoms with E-state index in [4.69, 9.17) is 5.11 Å². The lowest BCUT2D eigenvalue weighted by Crippen LogP contribution is -2.50. The van der Waals surface area contributed by atoms with Gasteiger partial charge in [-0.2, -0.15) is 0 Å². The maximum Gasteiger partial charge on any atom is 0.303 e. The number of aryl methyl sites for hydroxylation is 1. The summed E-state index contributed by atoms with van der Waals surface area (Å²) in [7, 11) is 0. The van der Waals surface area contributed by atoms with Crippen molar-refractivity contribution < 1.29 is 14.7 Å². The molecule has 0 aliphatic carbocycles. The van der Waals surface area contributed by atoms with Crippen molar-refractivity contribution in [2.45, 2.75) is 13.3 Å². The summed E-state index contributed by atoms with van der Waals surface area (Å²) in [6.45, 7) is 3.08. The second-order valence-electron chi connectivity index (χ2n) is 4.61. The van der Waals surface area contributed by atoms with E-state index in [1.54, 1.807) is 4.90 Å². The van der Waals surface area contributed by atoms with Crippen LogP contribution >= 0.6 is 22.6 Å². The number of carboxylic acids is 1. The second kappa shape index (κ2) is 5.26. The van der Waals surface area contributed by atoms with Crippen LogP contribution in [-0.2, 0) is 4.79 Å². The summed E-state index contributed by atoms with van der Waals surface area (Å²) in [5, 5.41) is 8.67. The standard InChI is InChI=1S/C13H14INO3/c1-8-3-2-4-10(12(8)14)13(18)15-6-9(7-15)5-11(16)17/h2-4,9H,5-7H2,1H3,(H,16,17). The van der Waals surface area contributed by atoms with E-state index in [9.17, 15) is 9.59 Å². The van der Waals surface area contributed by atoms with Gasteiger partial charge in [-0.1, -0.05) is 12.1 Å². The number of carboxylic acid groups (broad SMARTS) is 1. The van der Waals surface area contributed by atoms with Gasteiger partial charge >= 0.3 is 5.97 Å². The van der Waals surface area contributed by atoms with Crippen LogP contribution < -0.4 is 0 Å². The lowest BCUT2D eigenvalue weighted by molar-refractivity contribution is -0.139. The van der Waals surface area contributed by atoms with Gasteiger partial charge in [0.15, 0.2) is 0 Å². The summed E-state index contributed by atoms with van der Waals surface area (Å²) in [4.78, 5) is 24.5. The van der Waals surface area contributed by atoms with Crippen molar-refractivity contribution in [2.75, 3.05) is 13.1 Å². The lowest BCUT2D eigenvalue weighted by Gasteiger charge is -2.38. The fraction of sp³-hybridized carbons (Fsp3) is 0.385. The number of carbonyl (C=O) groups excluding carboxylic acids is 1. The zero-order chi connectivity index (χ0) is 13.3. The number of likely N-dealkylation sites (tertiary alicyclic amines) is 1. The molecule has 0 aromatic heterocycles. The molecule has 1 amide bonds. The zero-order valence-electron chi connectivity index (χ0n) is 10.0. The van der Waals surface area contributed by atoms with Crippen LogP contribution in [0, 0.1) is 16.4 Å². The third-order valence-electron chi connectivity index (χ3n) is 3.13. The number of hydrogen-bond acceptors (Lipinski definition) is 2. The number of amides is 1. The molecule has 5 heteroatoms. The van der Waals surface area contributed by atoms with E-state index in [1.165, 1.54) is 0 Å². The molecule has 0 radical (unpaired) electrons. The van der Waals surface area contributed by atoms with Crippen LogP contribution in [0.1, 0.15) is 22.3 Å². The van der Waals surface area contributed by atoms with Gasteiger partial charge in [-0.25, -0.2) is 0 Å². The molecular formula is C13H14INO3.